The average Bonchev–Trinajstić information content (AvgIpc) is 2.59. The van der Waals surface area contributed by atoms with Gasteiger partial charge in [0, 0.05) is 4.90 Å². The predicted molar refractivity (Wildman–Crippen MR) is 93.7 cm³/mol. The highest BCUT2D eigenvalue weighted by atomic mass is 35.5. The maximum atomic E-state index is 11.8. The van der Waals surface area contributed by atoms with Gasteiger partial charge in [0.1, 0.15) is 18.1 Å². The number of thioether (sulfide) groups is 1. The van der Waals surface area contributed by atoms with Crippen molar-refractivity contribution in [3.05, 3.63) is 53.6 Å². The number of nitrogens with one attached hydrogen (secondary N) is 1. The van der Waals surface area contributed by atoms with Crippen molar-refractivity contribution in [2.45, 2.75) is 4.90 Å². The molecule has 23 heavy (non-hydrogen) atoms. The Labute approximate surface area is 145 Å². The number of methoxy groups -OCH3 is 1. The lowest BCUT2D eigenvalue weighted by molar-refractivity contribution is -0.118. The second kappa shape index (κ2) is 9.33. The monoisotopic (exact) mass is 351 g/mol. The number of amides is 1. The number of halogens is 1. The Kier molecular flexibility index (Phi) is 7.10. The van der Waals surface area contributed by atoms with Crippen molar-refractivity contribution in [1.82, 2.24) is 5.32 Å². The van der Waals surface area contributed by atoms with E-state index in [4.69, 9.17) is 21.1 Å². The minimum Gasteiger partial charge on any atom is -0.497 e. The summed E-state index contributed by atoms with van der Waals surface area (Å²) in [6.07, 6.45) is 0. The van der Waals surface area contributed by atoms with Crippen LogP contribution in [0.3, 0.4) is 0 Å². The lowest BCUT2D eigenvalue weighted by Crippen LogP contribution is -2.29. The summed E-state index contributed by atoms with van der Waals surface area (Å²) in [6, 6.07) is 14.9. The van der Waals surface area contributed by atoms with Gasteiger partial charge >= 0.3 is 0 Å². The second-order valence-electron chi connectivity index (χ2n) is 4.59. The standard InChI is InChI=1S/C17H18ClNO3S/c1-21-13-6-8-14(9-7-13)23-12-17(20)19-10-11-22-16-5-3-2-4-15(16)18/h2-9H,10-12H2,1H3,(H,19,20). The van der Waals surface area contributed by atoms with Crippen LogP contribution in [0.1, 0.15) is 0 Å². The fraction of sp³-hybridized carbons (Fsp3) is 0.235. The third kappa shape index (κ3) is 6.04. The van der Waals surface area contributed by atoms with E-state index < -0.39 is 0 Å². The van der Waals surface area contributed by atoms with Gasteiger partial charge in [0.2, 0.25) is 5.91 Å². The van der Waals surface area contributed by atoms with Crippen LogP contribution in [-0.4, -0.2) is 31.9 Å². The molecule has 0 aromatic heterocycles. The Morgan fingerprint density at radius 1 is 1.17 bits per heavy atom. The minimum absolute atomic E-state index is 0.0337. The molecule has 2 aromatic carbocycles. The molecular weight excluding hydrogens is 334 g/mol. The van der Waals surface area contributed by atoms with Gasteiger partial charge in [-0.25, -0.2) is 0 Å². The molecule has 2 aromatic rings. The first kappa shape index (κ1) is 17.5. The molecule has 122 valence electrons. The normalized spacial score (nSPS) is 10.2. The fourth-order valence-corrected chi connectivity index (χ4v) is 2.70. The molecule has 4 nitrogen and oxygen atoms in total. The molecule has 0 bridgehead atoms. The van der Waals surface area contributed by atoms with Gasteiger partial charge in [0.15, 0.2) is 0 Å². The Morgan fingerprint density at radius 2 is 1.91 bits per heavy atom. The molecule has 0 aliphatic heterocycles. The Bertz CT molecular complexity index is 634. The van der Waals surface area contributed by atoms with Crippen LogP contribution in [0.5, 0.6) is 11.5 Å². The fourth-order valence-electron chi connectivity index (χ4n) is 1.79. The molecular formula is C17H18ClNO3S. The van der Waals surface area contributed by atoms with Crippen molar-refractivity contribution in [3.63, 3.8) is 0 Å². The highest BCUT2D eigenvalue weighted by Gasteiger charge is 2.04. The number of carbonyl (C=O) groups excluding carboxylic acids is 1. The van der Waals surface area contributed by atoms with Crippen LogP contribution >= 0.6 is 23.4 Å². The van der Waals surface area contributed by atoms with E-state index in [0.29, 0.717) is 29.7 Å². The van der Waals surface area contributed by atoms with Crippen LogP contribution in [0.15, 0.2) is 53.4 Å². The summed E-state index contributed by atoms with van der Waals surface area (Å²) < 4.78 is 10.6. The number of hydrogen-bond donors (Lipinski definition) is 1. The van der Waals surface area contributed by atoms with Gasteiger partial charge in [-0.15, -0.1) is 11.8 Å². The maximum absolute atomic E-state index is 11.8. The van der Waals surface area contributed by atoms with Crippen molar-refractivity contribution in [2.24, 2.45) is 0 Å². The topological polar surface area (TPSA) is 47.6 Å². The third-order valence-corrected chi connectivity index (χ3v) is 4.27. The van der Waals surface area contributed by atoms with Crippen LogP contribution in [0.25, 0.3) is 0 Å². The van der Waals surface area contributed by atoms with Crippen LogP contribution in [-0.2, 0) is 4.79 Å². The molecule has 0 radical (unpaired) electrons. The summed E-state index contributed by atoms with van der Waals surface area (Å²) in [7, 11) is 1.63. The summed E-state index contributed by atoms with van der Waals surface area (Å²) in [4.78, 5) is 12.8. The molecule has 2 rings (SSSR count). The molecule has 0 unspecified atom stereocenters. The molecule has 6 heteroatoms. The van der Waals surface area contributed by atoms with E-state index in [9.17, 15) is 4.79 Å². The summed E-state index contributed by atoms with van der Waals surface area (Å²) in [6.45, 7) is 0.815. The van der Waals surface area contributed by atoms with E-state index in [1.54, 1.807) is 19.2 Å². The van der Waals surface area contributed by atoms with Crippen molar-refractivity contribution >= 4 is 29.3 Å². The number of para-hydroxylation sites is 1. The number of benzene rings is 2. The van der Waals surface area contributed by atoms with Gasteiger partial charge in [-0.3, -0.25) is 4.79 Å². The van der Waals surface area contributed by atoms with E-state index >= 15 is 0 Å². The predicted octanol–water partition coefficient (Wildman–Crippen LogP) is 3.64. The lowest BCUT2D eigenvalue weighted by atomic mass is 10.3. The molecule has 0 aliphatic rings. The number of rotatable bonds is 8. The molecule has 0 atom stereocenters. The van der Waals surface area contributed by atoms with Gasteiger partial charge in [-0.05, 0) is 36.4 Å². The van der Waals surface area contributed by atoms with Crippen LogP contribution < -0.4 is 14.8 Å². The largest absolute Gasteiger partial charge is 0.497 e. The van der Waals surface area contributed by atoms with Crippen LogP contribution in [0, 0.1) is 0 Å². The van der Waals surface area contributed by atoms with Crippen molar-refractivity contribution in [3.8, 4) is 11.5 Å². The molecule has 1 N–H and O–H groups in total. The number of ether oxygens (including phenoxy) is 2. The molecule has 1 amide bonds. The Hall–Kier alpha value is -1.85. The lowest BCUT2D eigenvalue weighted by Gasteiger charge is -2.09. The van der Waals surface area contributed by atoms with Crippen LogP contribution in [0.4, 0.5) is 0 Å². The van der Waals surface area contributed by atoms with Gasteiger partial charge in [-0.2, -0.15) is 0 Å². The molecule has 0 saturated heterocycles. The molecule has 0 saturated carbocycles. The first-order chi connectivity index (χ1) is 11.2. The zero-order chi connectivity index (χ0) is 16.5. The van der Waals surface area contributed by atoms with Gasteiger partial charge in [-0.1, -0.05) is 23.7 Å². The van der Waals surface area contributed by atoms with E-state index in [1.807, 2.05) is 36.4 Å². The van der Waals surface area contributed by atoms with Gasteiger partial charge < -0.3 is 14.8 Å². The average molecular weight is 352 g/mol. The van der Waals surface area contributed by atoms with E-state index in [1.165, 1.54) is 11.8 Å². The number of carbonyl (C=O) groups is 1. The smallest absolute Gasteiger partial charge is 0.230 e. The zero-order valence-electron chi connectivity index (χ0n) is 12.8. The highest BCUT2D eigenvalue weighted by Crippen LogP contribution is 2.23. The summed E-state index contributed by atoms with van der Waals surface area (Å²) >= 11 is 7.46. The quantitative estimate of drug-likeness (QED) is 0.582. The van der Waals surface area contributed by atoms with E-state index in [0.717, 1.165) is 10.6 Å². The van der Waals surface area contributed by atoms with Crippen molar-refractivity contribution in [2.75, 3.05) is 26.0 Å². The van der Waals surface area contributed by atoms with E-state index in [-0.39, 0.29) is 5.91 Å². The number of hydrogen-bond acceptors (Lipinski definition) is 4. The molecule has 0 spiro atoms. The highest BCUT2D eigenvalue weighted by molar-refractivity contribution is 8.00. The van der Waals surface area contributed by atoms with Crippen molar-refractivity contribution < 1.29 is 14.3 Å². The second-order valence-corrected chi connectivity index (χ2v) is 6.05. The Morgan fingerprint density at radius 3 is 2.61 bits per heavy atom. The van der Waals surface area contributed by atoms with Gasteiger partial charge in [0.25, 0.3) is 0 Å². The SMILES string of the molecule is COc1ccc(SCC(=O)NCCOc2ccccc2Cl)cc1. The Balaban J connectivity index is 1.64. The summed E-state index contributed by atoms with van der Waals surface area (Å²) in [5.41, 5.74) is 0. The molecule has 0 heterocycles. The maximum Gasteiger partial charge on any atom is 0.230 e. The minimum atomic E-state index is -0.0337. The molecule has 0 fully saturated rings. The summed E-state index contributed by atoms with van der Waals surface area (Å²) in [5.74, 6) is 1.75. The first-order valence-electron chi connectivity index (χ1n) is 7.10. The summed E-state index contributed by atoms with van der Waals surface area (Å²) in [5, 5.41) is 3.38. The first-order valence-corrected chi connectivity index (χ1v) is 8.46. The molecule has 0 aliphatic carbocycles. The van der Waals surface area contributed by atoms with Crippen molar-refractivity contribution in [1.29, 1.82) is 0 Å². The van der Waals surface area contributed by atoms with Crippen LogP contribution in [0.2, 0.25) is 5.02 Å². The third-order valence-electron chi connectivity index (χ3n) is 2.95. The van der Waals surface area contributed by atoms with Gasteiger partial charge in [0.05, 0.1) is 24.4 Å². The van der Waals surface area contributed by atoms with E-state index in [2.05, 4.69) is 5.32 Å². The zero-order valence-corrected chi connectivity index (χ0v) is 14.3.